The molecule has 2 amide bonds. The van der Waals surface area contributed by atoms with Crippen LogP contribution >= 0.6 is 11.3 Å². The third-order valence-electron chi connectivity index (χ3n) is 6.12. The van der Waals surface area contributed by atoms with Crippen molar-refractivity contribution in [2.24, 2.45) is 5.92 Å². The van der Waals surface area contributed by atoms with Gasteiger partial charge in [0.25, 0.3) is 5.56 Å². The van der Waals surface area contributed by atoms with E-state index < -0.39 is 0 Å². The summed E-state index contributed by atoms with van der Waals surface area (Å²) in [5, 5.41) is 6.56. The van der Waals surface area contributed by atoms with E-state index in [0.717, 1.165) is 38.0 Å². The van der Waals surface area contributed by atoms with Crippen molar-refractivity contribution < 1.29 is 14.3 Å². The quantitative estimate of drug-likeness (QED) is 0.492. The van der Waals surface area contributed by atoms with Gasteiger partial charge < -0.3 is 20.3 Å². The molecule has 1 aliphatic heterocycles. The average molecular weight is 497 g/mol. The lowest BCUT2D eigenvalue weighted by molar-refractivity contribution is -0.125. The van der Waals surface area contributed by atoms with Crippen LogP contribution in [0.3, 0.4) is 0 Å². The molecular formula is C24H28N6O4S. The van der Waals surface area contributed by atoms with Crippen molar-refractivity contribution >= 4 is 44.3 Å². The summed E-state index contributed by atoms with van der Waals surface area (Å²) in [5.41, 5.74) is 0.675. The van der Waals surface area contributed by atoms with E-state index in [-0.39, 0.29) is 29.8 Å². The van der Waals surface area contributed by atoms with Crippen molar-refractivity contribution in [1.82, 2.24) is 19.9 Å². The molecule has 35 heavy (non-hydrogen) atoms. The van der Waals surface area contributed by atoms with E-state index in [1.807, 2.05) is 6.92 Å². The number of hydrogen-bond donors (Lipinski definition) is 2. The molecule has 3 aromatic rings. The minimum Gasteiger partial charge on any atom is -0.494 e. The second kappa shape index (κ2) is 10.0. The van der Waals surface area contributed by atoms with E-state index in [1.165, 1.54) is 22.2 Å². The molecule has 1 aliphatic carbocycles. The van der Waals surface area contributed by atoms with Gasteiger partial charge in [0.1, 0.15) is 23.3 Å². The molecule has 10 nitrogen and oxygen atoms in total. The van der Waals surface area contributed by atoms with Crippen LogP contribution in [0.25, 0.3) is 10.3 Å². The number of carbonyl (C=O) groups excluding carboxylic acids is 2. The molecule has 2 fully saturated rings. The molecule has 0 unspecified atom stereocenters. The van der Waals surface area contributed by atoms with Gasteiger partial charge in [-0.15, -0.1) is 0 Å². The van der Waals surface area contributed by atoms with Crippen LogP contribution in [0.2, 0.25) is 0 Å². The topological polar surface area (TPSA) is 118 Å². The lowest BCUT2D eigenvalue weighted by Gasteiger charge is -2.31. The van der Waals surface area contributed by atoms with Crippen molar-refractivity contribution in [2.45, 2.75) is 45.2 Å². The number of amides is 2. The van der Waals surface area contributed by atoms with Crippen molar-refractivity contribution in [3.8, 4) is 5.75 Å². The number of hydrogen-bond acceptors (Lipinski definition) is 8. The Bertz CT molecular complexity index is 1280. The normalized spacial score (nSPS) is 17.9. The van der Waals surface area contributed by atoms with Crippen LogP contribution in [0.4, 0.5) is 10.8 Å². The highest BCUT2D eigenvalue weighted by molar-refractivity contribution is 7.22. The van der Waals surface area contributed by atoms with E-state index in [2.05, 4.69) is 25.5 Å². The third kappa shape index (κ3) is 5.45. The summed E-state index contributed by atoms with van der Waals surface area (Å²) in [6, 6.07) is 7.39. The molecule has 1 atom stereocenters. The first-order chi connectivity index (χ1) is 17.0. The summed E-state index contributed by atoms with van der Waals surface area (Å²) in [5.74, 6) is 0.424. The van der Waals surface area contributed by atoms with E-state index in [9.17, 15) is 14.4 Å². The predicted octanol–water partition coefficient (Wildman–Crippen LogP) is 2.39. The zero-order valence-corrected chi connectivity index (χ0v) is 20.3. The van der Waals surface area contributed by atoms with E-state index >= 15 is 0 Å². The van der Waals surface area contributed by atoms with Gasteiger partial charge in [0, 0.05) is 24.8 Å². The fraction of sp³-hybridized carbons (Fsp3) is 0.458. The van der Waals surface area contributed by atoms with Crippen LogP contribution in [-0.4, -0.2) is 52.1 Å². The highest BCUT2D eigenvalue weighted by atomic mass is 32.1. The molecule has 5 rings (SSSR count). The van der Waals surface area contributed by atoms with Gasteiger partial charge in [0.2, 0.25) is 11.8 Å². The number of fused-ring (bicyclic) bond motifs is 1. The van der Waals surface area contributed by atoms with Gasteiger partial charge in [-0.2, -0.15) is 4.98 Å². The molecular weight excluding hydrogens is 468 g/mol. The number of carbonyl (C=O) groups is 2. The molecule has 3 heterocycles. The Labute approximate surface area is 206 Å². The van der Waals surface area contributed by atoms with Gasteiger partial charge in [-0.3, -0.25) is 19.0 Å². The van der Waals surface area contributed by atoms with Gasteiger partial charge in [0.05, 0.1) is 12.5 Å². The number of ether oxygens (including phenoxy) is 1. The Kier molecular flexibility index (Phi) is 6.67. The van der Waals surface area contributed by atoms with Crippen LogP contribution in [-0.2, 0) is 16.1 Å². The van der Waals surface area contributed by atoms with E-state index in [1.54, 1.807) is 24.3 Å². The average Bonchev–Trinajstić information content (AvgIpc) is 3.56. The molecule has 2 aliphatic rings. The van der Waals surface area contributed by atoms with Gasteiger partial charge in [-0.25, -0.2) is 4.98 Å². The van der Waals surface area contributed by atoms with E-state index in [4.69, 9.17) is 4.74 Å². The number of benzene rings is 1. The molecule has 0 bridgehead atoms. The SMILES string of the molecule is CCOc1ccc(NC(=O)Cn2cnc3nc(N4CCC[C@@H](C(=O)NC5CC5)C4)sc3c2=O)cc1. The first-order valence-electron chi connectivity index (χ1n) is 11.9. The summed E-state index contributed by atoms with van der Waals surface area (Å²) < 4.78 is 7.10. The maximum atomic E-state index is 13.0. The number of piperidine rings is 1. The summed E-state index contributed by atoms with van der Waals surface area (Å²) in [6.07, 6.45) is 5.23. The first kappa shape index (κ1) is 23.3. The predicted molar refractivity (Wildman–Crippen MR) is 134 cm³/mol. The summed E-state index contributed by atoms with van der Waals surface area (Å²) in [7, 11) is 0. The molecule has 0 spiro atoms. The number of anilines is 2. The number of aromatic nitrogens is 3. The van der Waals surface area contributed by atoms with Crippen molar-refractivity contribution in [1.29, 1.82) is 0 Å². The zero-order valence-electron chi connectivity index (χ0n) is 19.5. The van der Waals surface area contributed by atoms with Crippen molar-refractivity contribution in [2.75, 3.05) is 29.9 Å². The minimum atomic E-state index is -0.331. The number of rotatable bonds is 8. The Morgan fingerprint density at radius 1 is 1.20 bits per heavy atom. The van der Waals surface area contributed by atoms with Crippen LogP contribution < -0.4 is 25.8 Å². The molecule has 1 saturated heterocycles. The number of nitrogens with zero attached hydrogens (tertiary/aromatic N) is 4. The van der Waals surface area contributed by atoms with Crippen molar-refractivity contribution in [3.63, 3.8) is 0 Å². The van der Waals surface area contributed by atoms with Gasteiger partial charge in [-0.1, -0.05) is 11.3 Å². The maximum Gasteiger partial charge on any atom is 0.273 e. The molecule has 2 aromatic heterocycles. The summed E-state index contributed by atoms with van der Waals surface area (Å²) in [6.45, 7) is 3.68. The maximum absolute atomic E-state index is 13.0. The Balaban J connectivity index is 1.26. The summed E-state index contributed by atoms with van der Waals surface area (Å²) >= 11 is 1.26. The first-order valence-corrected chi connectivity index (χ1v) is 12.8. The standard InChI is InChI=1S/C24H28N6O4S/c1-2-34-18-9-7-16(8-10-18)26-19(31)13-30-14-25-21-20(23(30)33)35-24(28-21)29-11-3-4-15(12-29)22(32)27-17-5-6-17/h7-10,14-15,17H,2-6,11-13H2,1H3,(H,26,31)(H,27,32)/t15-/m1/s1. The number of nitrogens with one attached hydrogen (secondary N) is 2. The smallest absolute Gasteiger partial charge is 0.273 e. The highest BCUT2D eigenvalue weighted by Gasteiger charge is 2.31. The second-order valence-corrected chi connectivity index (χ2v) is 9.88. The Hall–Kier alpha value is -3.47. The largest absolute Gasteiger partial charge is 0.494 e. The second-order valence-electron chi connectivity index (χ2n) is 8.90. The van der Waals surface area contributed by atoms with Crippen LogP contribution in [0.1, 0.15) is 32.6 Å². The lowest BCUT2D eigenvalue weighted by Crippen LogP contribution is -2.43. The van der Waals surface area contributed by atoms with Gasteiger partial charge in [-0.05, 0) is 56.9 Å². The van der Waals surface area contributed by atoms with Crippen LogP contribution in [0.15, 0.2) is 35.4 Å². The molecule has 1 saturated carbocycles. The molecule has 11 heteroatoms. The molecule has 0 radical (unpaired) electrons. The highest BCUT2D eigenvalue weighted by Crippen LogP contribution is 2.30. The number of thiazole rings is 1. The minimum absolute atomic E-state index is 0.0766. The monoisotopic (exact) mass is 496 g/mol. The molecule has 2 N–H and O–H groups in total. The van der Waals surface area contributed by atoms with Gasteiger partial charge in [0.15, 0.2) is 10.8 Å². The van der Waals surface area contributed by atoms with Crippen LogP contribution in [0, 0.1) is 5.92 Å². The Morgan fingerprint density at radius 3 is 2.74 bits per heavy atom. The fourth-order valence-electron chi connectivity index (χ4n) is 4.15. The zero-order chi connectivity index (χ0) is 24.4. The van der Waals surface area contributed by atoms with E-state index in [0.29, 0.717) is 40.4 Å². The summed E-state index contributed by atoms with van der Waals surface area (Å²) in [4.78, 5) is 49.0. The lowest BCUT2D eigenvalue weighted by atomic mass is 9.97. The van der Waals surface area contributed by atoms with Crippen LogP contribution in [0.5, 0.6) is 5.75 Å². The Morgan fingerprint density at radius 2 is 2.00 bits per heavy atom. The molecule has 1 aromatic carbocycles. The molecule has 184 valence electrons. The third-order valence-corrected chi connectivity index (χ3v) is 7.22. The van der Waals surface area contributed by atoms with Crippen molar-refractivity contribution in [3.05, 3.63) is 40.9 Å². The fourth-order valence-corrected chi connectivity index (χ4v) is 5.15. The van der Waals surface area contributed by atoms with Gasteiger partial charge >= 0.3 is 0 Å².